The van der Waals surface area contributed by atoms with Crippen LogP contribution in [-0.2, 0) is 11.3 Å². The highest BCUT2D eigenvalue weighted by Crippen LogP contribution is 2.21. The van der Waals surface area contributed by atoms with Crippen LogP contribution in [0.1, 0.15) is 25.3 Å². The Balaban J connectivity index is 2.14. The Morgan fingerprint density at radius 3 is 2.74 bits per heavy atom. The van der Waals surface area contributed by atoms with E-state index in [1.807, 2.05) is 31.2 Å². The molecule has 1 N–H and O–H groups in total. The minimum atomic E-state index is -0.382. The van der Waals surface area contributed by atoms with Crippen molar-refractivity contribution < 1.29 is 14.3 Å². The van der Waals surface area contributed by atoms with Gasteiger partial charge in [-0.25, -0.2) is 4.79 Å². The maximum absolute atomic E-state index is 12.1. The molecule has 1 aromatic rings. The van der Waals surface area contributed by atoms with E-state index in [2.05, 4.69) is 5.32 Å². The van der Waals surface area contributed by atoms with Crippen LogP contribution in [0.15, 0.2) is 24.3 Å². The first-order valence-corrected chi connectivity index (χ1v) is 6.41. The first kappa shape index (κ1) is 13.4. The lowest BCUT2D eigenvalue weighted by Crippen LogP contribution is -2.31. The number of urea groups is 1. The van der Waals surface area contributed by atoms with E-state index in [9.17, 15) is 9.59 Å². The number of carbonyl (C=O) groups is 2. The van der Waals surface area contributed by atoms with Crippen molar-refractivity contribution in [3.63, 3.8) is 0 Å². The number of amides is 3. The lowest BCUT2D eigenvalue weighted by atomic mass is 10.1. The van der Waals surface area contributed by atoms with Gasteiger partial charge in [0.25, 0.3) is 5.91 Å². The number of para-hydroxylation sites is 1. The van der Waals surface area contributed by atoms with Crippen molar-refractivity contribution in [2.45, 2.75) is 32.4 Å². The van der Waals surface area contributed by atoms with Crippen molar-refractivity contribution in [2.75, 3.05) is 7.11 Å². The molecule has 1 aromatic carbocycles. The first-order valence-electron chi connectivity index (χ1n) is 6.41. The molecular formula is C14H18N2O3. The maximum atomic E-state index is 12.1. The van der Waals surface area contributed by atoms with Crippen LogP contribution in [-0.4, -0.2) is 30.0 Å². The average Bonchev–Trinajstić information content (AvgIpc) is 2.68. The van der Waals surface area contributed by atoms with Gasteiger partial charge in [0.1, 0.15) is 11.8 Å². The number of benzene rings is 1. The lowest BCUT2D eigenvalue weighted by Gasteiger charge is -2.15. The van der Waals surface area contributed by atoms with Gasteiger partial charge in [0.2, 0.25) is 0 Å². The van der Waals surface area contributed by atoms with Crippen LogP contribution in [0.3, 0.4) is 0 Å². The van der Waals surface area contributed by atoms with Crippen LogP contribution in [0.25, 0.3) is 0 Å². The van der Waals surface area contributed by atoms with Gasteiger partial charge < -0.3 is 10.1 Å². The van der Waals surface area contributed by atoms with Crippen LogP contribution in [0.2, 0.25) is 0 Å². The first-order chi connectivity index (χ1) is 9.17. The van der Waals surface area contributed by atoms with Crippen molar-refractivity contribution >= 4 is 11.9 Å². The third kappa shape index (κ3) is 2.70. The zero-order valence-corrected chi connectivity index (χ0v) is 11.2. The van der Waals surface area contributed by atoms with E-state index in [1.165, 1.54) is 4.90 Å². The number of carbonyl (C=O) groups excluding carboxylic acids is 2. The fourth-order valence-corrected chi connectivity index (χ4v) is 2.21. The molecule has 3 amide bonds. The molecule has 1 saturated heterocycles. The molecule has 0 radical (unpaired) electrons. The topological polar surface area (TPSA) is 58.6 Å². The van der Waals surface area contributed by atoms with Crippen LogP contribution >= 0.6 is 0 Å². The van der Waals surface area contributed by atoms with Crippen molar-refractivity contribution in [1.82, 2.24) is 10.2 Å². The zero-order valence-electron chi connectivity index (χ0n) is 11.2. The summed E-state index contributed by atoms with van der Waals surface area (Å²) in [5.41, 5.74) is 0.825. The molecule has 2 rings (SSSR count). The summed E-state index contributed by atoms with van der Waals surface area (Å²) in [4.78, 5) is 25.2. The van der Waals surface area contributed by atoms with Crippen molar-refractivity contribution in [2.24, 2.45) is 0 Å². The Bertz CT molecular complexity index is 487. The second-order valence-corrected chi connectivity index (χ2v) is 4.53. The molecular weight excluding hydrogens is 244 g/mol. The number of nitrogens with zero attached hydrogens (tertiary/aromatic N) is 1. The Kier molecular flexibility index (Phi) is 4.04. The van der Waals surface area contributed by atoms with Gasteiger partial charge in [0.05, 0.1) is 13.7 Å². The van der Waals surface area contributed by atoms with E-state index in [1.54, 1.807) is 7.11 Å². The van der Waals surface area contributed by atoms with Gasteiger partial charge in [-0.2, -0.15) is 0 Å². The number of nitrogens with one attached hydrogen (secondary N) is 1. The van der Waals surface area contributed by atoms with Gasteiger partial charge in [-0.05, 0) is 12.5 Å². The molecule has 102 valence electrons. The summed E-state index contributed by atoms with van der Waals surface area (Å²) in [5.74, 6) is 0.528. The van der Waals surface area contributed by atoms with E-state index in [0.29, 0.717) is 12.2 Å². The quantitative estimate of drug-likeness (QED) is 0.825. The largest absolute Gasteiger partial charge is 0.496 e. The molecule has 1 heterocycles. The minimum Gasteiger partial charge on any atom is -0.496 e. The summed E-state index contributed by atoms with van der Waals surface area (Å²) in [5, 5.41) is 2.71. The lowest BCUT2D eigenvalue weighted by molar-refractivity contribution is -0.128. The van der Waals surface area contributed by atoms with Gasteiger partial charge in [-0.1, -0.05) is 31.5 Å². The highest BCUT2D eigenvalue weighted by molar-refractivity contribution is 6.04. The summed E-state index contributed by atoms with van der Waals surface area (Å²) in [6, 6.07) is 6.68. The second kappa shape index (κ2) is 5.73. The molecule has 0 unspecified atom stereocenters. The van der Waals surface area contributed by atoms with E-state index in [0.717, 1.165) is 12.0 Å². The molecule has 1 aliphatic heterocycles. The molecule has 1 atom stereocenters. The van der Waals surface area contributed by atoms with Gasteiger partial charge >= 0.3 is 6.03 Å². The zero-order chi connectivity index (χ0) is 13.8. The molecule has 5 heteroatoms. The molecule has 0 spiro atoms. The van der Waals surface area contributed by atoms with Gasteiger partial charge in [0, 0.05) is 5.56 Å². The van der Waals surface area contributed by atoms with E-state index in [-0.39, 0.29) is 24.5 Å². The van der Waals surface area contributed by atoms with E-state index < -0.39 is 0 Å². The number of methoxy groups -OCH3 is 1. The smallest absolute Gasteiger partial charge is 0.325 e. The number of hydrogen-bond donors (Lipinski definition) is 1. The van der Waals surface area contributed by atoms with Crippen LogP contribution in [0, 0.1) is 0 Å². The summed E-state index contributed by atoms with van der Waals surface area (Å²) in [7, 11) is 1.57. The van der Waals surface area contributed by atoms with Crippen molar-refractivity contribution in [1.29, 1.82) is 0 Å². The van der Waals surface area contributed by atoms with Crippen LogP contribution < -0.4 is 10.1 Å². The normalized spacial score (nSPS) is 18.6. The van der Waals surface area contributed by atoms with E-state index >= 15 is 0 Å². The Morgan fingerprint density at radius 2 is 2.05 bits per heavy atom. The molecule has 1 aliphatic rings. The molecule has 5 nitrogen and oxygen atoms in total. The van der Waals surface area contributed by atoms with Crippen molar-refractivity contribution in [3.8, 4) is 5.75 Å². The third-order valence-electron chi connectivity index (χ3n) is 3.21. The van der Waals surface area contributed by atoms with Crippen molar-refractivity contribution in [3.05, 3.63) is 29.8 Å². The second-order valence-electron chi connectivity index (χ2n) is 4.53. The Morgan fingerprint density at radius 1 is 1.32 bits per heavy atom. The van der Waals surface area contributed by atoms with Gasteiger partial charge in [0.15, 0.2) is 0 Å². The highest BCUT2D eigenvalue weighted by Gasteiger charge is 2.37. The molecule has 0 bridgehead atoms. The summed E-state index contributed by atoms with van der Waals surface area (Å²) >= 11 is 0. The number of rotatable bonds is 5. The predicted octanol–water partition coefficient (Wildman–Crippen LogP) is 1.92. The van der Waals surface area contributed by atoms with Crippen LogP contribution in [0.4, 0.5) is 4.79 Å². The fraction of sp³-hybridized carbons (Fsp3) is 0.429. The van der Waals surface area contributed by atoms with Crippen LogP contribution in [0.5, 0.6) is 5.75 Å². The maximum Gasteiger partial charge on any atom is 0.325 e. The SMILES string of the molecule is CCC[C@@H]1NC(=O)N(Cc2ccccc2OC)C1=O. The van der Waals surface area contributed by atoms with Gasteiger partial charge in [-0.3, -0.25) is 9.69 Å². The monoisotopic (exact) mass is 262 g/mol. The molecule has 0 aliphatic carbocycles. The fourth-order valence-electron chi connectivity index (χ4n) is 2.21. The third-order valence-corrected chi connectivity index (χ3v) is 3.21. The Labute approximate surface area is 112 Å². The highest BCUT2D eigenvalue weighted by atomic mass is 16.5. The summed E-state index contributed by atoms with van der Waals surface area (Å²) in [6.45, 7) is 2.23. The Hall–Kier alpha value is -2.04. The predicted molar refractivity (Wildman–Crippen MR) is 70.8 cm³/mol. The van der Waals surface area contributed by atoms with Gasteiger partial charge in [-0.15, -0.1) is 0 Å². The standard InChI is InChI=1S/C14H18N2O3/c1-3-6-11-13(17)16(14(18)15-11)9-10-7-4-5-8-12(10)19-2/h4-5,7-8,11H,3,6,9H2,1-2H3,(H,15,18)/t11-/m0/s1. The minimum absolute atomic E-state index is 0.155. The molecule has 19 heavy (non-hydrogen) atoms. The summed E-state index contributed by atoms with van der Waals surface area (Å²) < 4.78 is 5.23. The average molecular weight is 262 g/mol. The molecule has 0 saturated carbocycles. The number of ether oxygens (including phenoxy) is 1. The number of imide groups is 1. The van der Waals surface area contributed by atoms with E-state index in [4.69, 9.17) is 4.74 Å². The molecule has 0 aromatic heterocycles. The number of hydrogen-bond acceptors (Lipinski definition) is 3. The molecule has 1 fully saturated rings. The summed E-state index contributed by atoms with van der Waals surface area (Å²) in [6.07, 6.45) is 1.53.